The maximum atomic E-state index is 11.9. The van der Waals surface area contributed by atoms with Crippen LogP contribution < -0.4 is 10.6 Å². The highest BCUT2D eigenvalue weighted by atomic mass is 16.2. The molecule has 2 amide bonds. The quantitative estimate of drug-likeness (QED) is 0.593. The van der Waals surface area contributed by atoms with Crippen LogP contribution in [0.2, 0.25) is 0 Å². The van der Waals surface area contributed by atoms with Crippen molar-refractivity contribution in [3.05, 3.63) is 23.3 Å². The van der Waals surface area contributed by atoms with Crippen molar-refractivity contribution in [3.8, 4) is 0 Å². The van der Waals surface area contributed by atoms with Crippen molar-refractivity contribution in [1.82, 2.24) is 0 Å². The van der Waals surface area contributed by atoms with Gasteiger partial charge in [-0.15, -0.1) is 0 Å². The third kappa shape index (κ3) is 1.79. The van der Waals surface area contributed by atoms with Gasteiger partial charge in [-0.25, -0.2) is 4.90 Å². The van der Waals surface area contributed by atoms with Crippen LogP contribution in [0.1, 0.15) is 24.5 Å². The summed E-state index contributed by atoms with van der Waals surface area (Å²) in [5.41, 5.74) is 8.97. The second-order valence-electron chi connectivity index (χ2n) is 4.67. The van der Waals surface area contributed by atoms with Crippen LogP contribution in [0.5, 0.6) is 0 Å². The van der Waals surface area contributed by atoms with Crippen LogP contribution >= 0.6 is 0 Å². The highest BCUT2D eigenvalue weighted by molar-refractivity contribution is 6.22. The Morgan fingerprint density at radius 3 is 2.35 bits per heavy atom. The summed E-state index contributed by atoms with van der Waals surface area (Å²) >= 11 is 0. The number of nitrogens with zero attached hydrogens (tertiary/aromatic N) is 1. The molecule has 1 aromatic rings. The lowest BCUT2D eigenvalue weighted by Crippen LogP contribution is -2.30. The second-order valence-corrected chi connectivity index (χ2v) is 4.67. The molecule has 1 heterocycles. The SMILES string of the molecule is Cc1cc(N)c(N2C(=O)CC(C)C2=O)cc1C. The minimum atomic E-state index is -0.247. The molecule has 1 atom stereocenters. The summed E-state index contributed by atoms with van der Waals surface area (Å²) in [5.74, 6) is -0.578. The predicted octanol–water partition coefficient (Wildman–Crippen LogP) is 1.79. The molecule has 0 aromatic heterocycles. The van der Waals surface area contributed by atoms with E-state index in [-0.39, 0.29) is 24.2 Å². The zero-order valence-electron chi connectivity index (χ0n) is 10.3. The number of nitrogens with two attached hydrogens (primary N) is 1. The molecule has 0 bridgehead atoms. The van der Waals surface area contributed by atoms with E-state index in [0.717, 1.165) is 11.1 Å². The van der Waals surface area contributed by atoms with Crippen LogP contribution in [0.3, 0.4) is 0 Å². The van der Waals surface area contributed by atoms with Gasteiger partial charge in [-0.2, -0.15) is 0 Å². The summed E-state index contributed by atoms with van der Waals surface area (Å²) in [5, 5.41) is 0. The van der Waals surface area contributed by atoms with Crippen LogP contribution in [-0.4, -0.2) is 11.8 Å². The van der Waals surface area contributed by atoms with E-state index in [1.807, 2.05) is 13.8 Å². The summed E-state index contributed by atoms with van der Waals surface area (Å²) in [6.07, 6.45) is 0.269. The normalized spacial score (nSPS) is 20.2. The Hall–Kier alpha value is -1.84. The number of carbonyl (C=O) groups excluding carboxylic acids is 2. The van der Waals surface area contributed by atoms with Crippen molar-refractivity contribution in [3.63, 3.8) is 0 Å². The summed E-state index contributed by atoms with van der Waals surface area (Å²) in [4.78, 5) is 24.9. The summed E-state index contributed by atoms with van der Waals surface area (Å²) in [6, 6.07) is 3.60. The average molecular weight is 232 g/mol. The Labute approximate surface area is 100 Å². The van der Waals surface area contributed by atoms with E-state index in [4.69, 9.17) is 5.73 Å². The van der Waals surface area contributed by atoms with E-state index >= 15 is 0 Å². The molecule has 1 saturated heterocycles. The van der Waals surface area contributed by atoms with Gasteiger partial charge in [-0.3, -0.25) is 9.59 Å². The van der Waals surface area contributed by atoms with Gasteiger partial charge in [0, 0.05) is 12.3 Å². The molecule has 0 radical (unpaired) electrons. The molecular formula is C13H16N2O2. The maximum Gasteiger partial charge on any atom is 0.237 e. The monoisotopic (exact) mass is 232 g/mol. The first kappa shape index (κ1) is 11.6. The predicted molar refractivity (Wildman–Crippen MR) is 66.6 cm³/mol. The van der Waals surface area contributed by atoms with Crippen molar-refractivity contribution >= 4 is 23.2 Å². The van der Waals surface area contributed by atoms with Crippen molar-refractivity contribution < 1.29 is 9.59 Å². The molecule has 1 unspecified atom stereocenters. The van der Waals surface area contributed by atoms with E-state index < -0.39 is 0 Å². The van der Waals surface area contributed by atoms with E-state index in [2.05, 4.69) is 0 Å². The molecular weight excluding hydrogens is 216 g/mol. The topological polar surface area (TPSA) is 63.4 Å². The number of benzene rings is 1. The second kappa shape index (κ2) is 3.87. The van der Waals surface area contributed by atoms with Crippen LogP contribution in [0.25, 0.3) is 0 Å². The van der Waals surface area contributed by atoms with E-state index in [1.54, 1.807) is 19.1 Å². The number of aryl methyl sites for hydroxylation is 2. The zero-order valence-corrected chi connectivity index (χ0v) is 10.3. The lowest BCUT2D eigenvalue weighted by Gasteiger charge is -2.18. The fraction of sp³-hybridized carbons (Fsp3) is 0.385. The molecule has 1 aliphatic rings. The van der Waals surface area contributed by atoms with Crippen LogP contribution in [0.15, 0.2) is 12.1 Å². The minimum Gasteiger partial charge on any atom is -0.397 e. The van der Waals surface area contributed by atoms with Gasteiger partial charge in [0.1, 0.15) is 0 Å². The summed E-state index contributed by atoms with van der Waals surface area (Å²) in [7, 11) is 0. The van der Waals surface area contributed by atoms with Crippen LogP contribution in [0.4, 0.5) is 11.4 Å². The average Bonchev–Trinajstić information content (AvgIpc) is 2.48. The molecule has 0 spiro atoms. The molecule has 1 aromatic carbocycles. The Bertz CT molecular complexity index is 508. The molecule has 4 heteroatoms. The maximum absolute atomic E-state index is 11.9. The first-order valence-electron chi connectivity index (χ1n) is 5.65. The number of rotatable bonds is 1. The van der Waals surface area contributed by atoms with Crippen LogP contribution in [-0.2, 0) is 9.59 Å². The number of hydrogen-bond donors (Lipinski definition) is 1. The largest absolute Gasteiger partial charge is 0.397 e. The standard InChI is InChI=1S/C13H16N2O2/c1-7-4-10(14)11(5-8(7)2)15-12(16)6-9(3)13(15)17/h4-5,9H,6,14H2,1-3H3. The van der Waals surface area contributed by atoms with Gasteiger partial charge < -0.3 is 5.73 Å². The molecule has 90 valence electrons. The summed E-state index contributed by atoms with van der Waals surface area (Å²) in [6.45, 7) is 5.65. The van der Waals surface area contributed by atoms with Gasteiger partial charge in [-0.05, 0) is 37.1 Å². The van der Waals surface area contributed by atoms with Gasteiger partial charge in [0.2, 0.25) is 11.8 Å². The Morgan fingerprint density at radius 2 is 1.82 bits per heavy atom. The van der Waals surface area contributed by atoms with Crippen molar-refractivity contribution in [1.29, 1.82) is 0 Å². The van der Waals surface area contributed by atoms with Crippen LogP contribution in [0, 0.1) is 19.8 Å². The first-order valence-corrected chi connectivity index (χ1v) is 5.65. The number of hydrogen-bond acceptors (Lipinski definition) is 3. The highest BCUT2D eigenvalue weighted by Crippen LogP contribution is 2.32. The molecule has 2 N–H and O–H groups in total. The minimum absolute atomic E-state index is 0.162. The molecule has 17 heavy (non-hydrogen) atoms. The lowest BCUT2D eigenvalue weighted by molar-refractivity contribution is -0.122. The Morgan fingerprint density at radius 1 is 1.24 bits per heavy atom. The lowest BCUT2D eigenvalue weighted by atomic mass is 10.1. The smallest absolute Gasteiger partial charge is 0.237 e. The third-order valence-electron chi connectivity index (χ3n) is 3.26. The molecule has 4 nitrogen and oxygen atoms in total. The highest BCUT2D eigenvalue weighted by Gasteiger charge is 2.37. The van der Waals surface area contributed by atoms with Gasteiger partial charge in [-0.1, -0.05) is 6.92 Å². The van der Waals surface area contributed by atoms with Gasteiger partial charge >= 0.3 is 0 Å². The van der Waals surface area contributed by atoms with Crippen molar-refractivity contribution in [2.45, 2.75) is 27.2 Å². The first-order chi connectivity index (χ1) is 7.91. The fourth-order valence-corrected chi connectivity index (χ4v) is 2.05. The van der Waals surface area contributed by atoms with Gasteiger partial charge in [0.15, 0.2) is 0 Å². The molecule has 0 saturated carbocycles. The van der Waals surface area contributed by atoms with E-state index in [1.165, 1.54) is 4.90 Å². The molecule has 1 aliphatic heterocycles. The van der Waals surface area contributed by atoms with Crippen molar-refractivity contribution in [2.24, 2.45) is 5.92 Å². The zero-order chi connectivity index (χ0) is 12.7. The Kier molecular flexibility index (Phi) is 2.65. The fourth-order valence-electron chi connectivity index (χ4n) is 2.05. The van der Waals surface area contributed by atoms with Gasteiger partial charge in [0.05, 0.1) is 11.4 Å². The molecule has 2 rings (SSSR count). The van der Waals surface area contributed by atoms with E-state index in [0.29, 0.717) is 11.4 Å². The van der Waals surface area contributed by atoms with E-state index in [9.17, 15) is 9.59 Å². The number of carbonyl (C=O) groups is 2. The van der Waals surface area contributed by atoms with Gasteiger partial charge in [0.25, 0.3) is 0 Å². The third-order valence-corrected chi connectivity index (χ3v) is 3.26. The number of anilines is 2. The Balaban J connectivity index is 2.51. The number of nitrogen functional groups attached to an aromatic ring is 1. The summed E-state index contributed by atoms with van der Waals surface area (Å²) < 4.78 is 0. The number of imide groups is 1. The number of amides is 2. The molecule has 1 fully saturated rings. The molecule has 0 aliphatic carbocycles. The van der Waals surface area contributed by atoms with Crippen molar-refractivity contribution in [2.75, 3.05) is 10.6 Å².